The highest BCUT2D eigenvalue weighted by Crippen LogP contribution is 2.30. The molecule has 0 spiro atoms. The Kier molecular flexibility index (Phi) is 5.40. The first-order chi connectivity index (χ1) is 9.96. The lowest BCUT2D eigenvalue weighted by molar-refractivity contribution is -0.141. The van der Waals surface area contributed by atoms with Gasteiger partial charge in [-0.1, -0.05) is 18.6 Å². The summed E-state index contributed by atoms with van der Waals surface area (Å²) in [6.07, 6.45) is 2.50. The number of ether oxygens (including phenoxy) is 1. The highest BCUT2D eigenvalue weighted by atomic mass is 79.9. The molecule has 2 rings (SSSR count). The van der Waals surface area contributed by atoms with Gasteiger partial charge in [-0.15, -0.1) is 0 Å². The monoisotopic (exact) mass is 375 g/mol. The first kappa shape index (κ1) is 16.5. The minimum Gasteiger partial charge on any atom is -0.469 e. The van der Waals surface area contributed by atoms with Gasteiger partial charge in [-0.3, -0.25) is 4.79 Å². The van der Waals surface area contributed by atoms with Crippen LogP contribution in [0.4, 0.5) is 0 Å². The van der Waals surface area contributed by atoms with Crippen LogP contribution in [0.1, 0.15) is 25.7 Å². The average molecular weight is 376 g/mol. The molecule has 1 heterocycles. The predicted molar refractivity (Wildman–Crippen MR) is 82.3 cm³/mol. The predicted octanol–water partition coefficient (Wildman–Crippen LogP) is 2.56. The van der Waals surface area contributed by atoms with Gasteiger partial charge in [-0.05, 0) is 40.9 Å². The molecule has 0 radical (unpaired) electrons. The van der Waals surface area contributed by atoms with Crippen LogP contribution < -0.4 is 0 Å². The van der Waals surface area contributed by atoms with Crippen molar-refractivity contribution in [1.82, 2.24) is 4.31 Å². The first-order valence-electron chi connectivity index (χ1n) is 6.80. The fourth-order valence-corrected chi connectivity index (χ4v) is 5.21. The number of piperidine rings is 1. The van der Waals surface area contributed by atoms with Crippen molar-refractivity contribution in [3.63, 3.8) is 0 Å². The molecule has 1 aromatic carbocycles. The molecule has 116 valence electrons. The second-order valence-corrected chi connectivity index (χ2v) is 7.69. The standard InChI is InChI=1S/C14H18BrNO4S/c1-20-14(17)10-11-6-4-5-9-16(11)21(18,19)13-8-3-2-7-12(13)15/h2-3,7-8,11H,4-6,9-10H2,1H3. The van der Waals surface area contributed by atoms with Crippen LogP contribution >= 0.6 is 15.9 Å². The number of benzene rings is 1. The van der Waals surface area contributed by atoms with Crippen LogP contribution in [-0.4, -0.2) is 38.4 Å². The van der Waals surface area contributed by atoms with Crippen molar-refractivity contribution in [2.24, 2.45) is 0 Å². The highest BCUT2D eigenvalue weighted by molar-refractivity contribution is 9.10. The number of methoxy groups -OCH3 is 1. The number of nitrogens with zero attached hydrogens (tertiary/aromatic N) is 1. The third-order valence-electron chi connectivity index (χ3n) is 3.63. The number of halogens is 1. The minimum atomic E-state index is -3.62. The van der Waals surface area contributed by atoms with Crippen LogP contribution in [-0.2, 0) is 19.6 Å². The van der Waals surface area contributed by atoms with Crippen molar-refractivity contribution in [3.8, 4) is 0 Å². The Balaban J connectivity index is 2.32. The summed E-state index contributed by atoms with van der Waals surface area (Å²) in [4.78, 5) is 11.7. The van der Waals surface area contributed by atoms with Crippen LogP contribution in [0.2, 0.25) is 0 Å². The number of esters is 1. The van der Waals surface area contributed by atoms with Crippen LogP contribution in [0, 0.1) is 0 Å². The molecule has 1 unspecified atom stereocenters. The third kappa shape index (κ3) is 3.64. The van der Waals surface area contributed by atoms with Crippen molar-refractivity contribution in [2.45, 2.75) is 36.6 Å². The summed E-state index contributed by atoms with van der Waals surface area (Å²) in [5.41, 5.74) is 0. The Hall–Kier alpha value is -0.920. The van der Waals surface area contributed by atoms with Gasteiger partial charge in [0, 0.05) is 17.1 Å². The van der Waals surface area contributed by atoms with E-state index < -0.39 is 10.0 Å². The van der Waals surface area contributed by atoms with Gasteiger partial charge >= 0.3 is 5.97 Å². The fourth-order valence-electron chi connectivity index (χ4n) is 2.55. The molecule has 0 bridgehead atoms. The topological polar surface area (TPSA) is 63.7 Å². The first-order valence-corrected chi connectivity index (χ1v) is 9.03. The number of carbonyl (C=O) groups is 1. The lowest BCUT2D eigenvalue weighted by Gasteiger charge is -2.34. The van der Waals surface area contributed by atoms with Gasteiger partial charge in [0.15, 0.2) is 0 Å². The summed E-state index contributed by atoms with van der Waals surface area (Å²) < 4.78 is 32.3. The average Bonchev–Trinajstić information content (AvgIpc) is 2.47. The van der Waals surface area contributed by atoms with Crippen LogP contribution in [0.3, 0.4) is 0 Å². The van der Waals surface area contributed by atoms with E-state index in [1.807, 2.05) is 0 Å². The number of carbonyl (C=O) groups excluding carboxylic acids is 1. The summed E-state index contributed by atoms with van der Waals surface area (Å²) >= 11 is 3.29. The molecular formula is C14H18BrNO4S. The van der Waals surface area contributed by atoms with Gasteiger partial charge in [0.1, 0.15) is 0 Å². The zero-order valence-electron chi connectivity index (χ0n) is 11.8. The van der Waals surface area contributed by atoms with Gasteiger partial charge in [-0.25, -0.2) is 8.42 Å². The smallest absolute Gasteiger partial charge is 0.307 e. The molecule has 0 N–H and O–H groups in total. The van der Waals surface area contributed by atoms with E-state index in [0.29, 0.717) is 17.4 Å². The zero-order chi connectivity index (χ0) is 15.5. The van der Waals surface area contributed by atoms with E-state index in [2.05, 4.69) is 20.7 Å². The van der Waals surface area contributed by atoms with Crippen LogP contribution in [0.5, 0.6) is 0 Å². The third-order valence-corrected chi connectivity index (χ3v) is 6.59. The van der Waals surface area contributed by atoms with E-state index >= 15 is 0 Å². The summed E-state index contributed by atoms with van der Waals surface area (Å²) in [6, 6.07) is 6.40. The molecule has 1 saturated heterocycles. The van der Waals surface area contributed by atoms with Gasteiger partial charge in [-0.2, -0.15) is 4.31 Å². The zero-order valence-corrected chi connectivity index (χ0v) is 14.2. The van der Waals surface area contributed by atoms with Crippen molar-refractivity contribution in [1.29, 1.82) is 0 Å². The maximum Gasteiger partial charge on any atom is 0.307 e. The van der Waals surface area contributed by atoms with E-state index in [4.69, 9.17) is 0 Å². The minimum absolute atomic E-state index is 0.0974. The van der Waals surface area contributed by atoms with Crippen LogP contribution in [0.15, 0.2) is 33.6 Å². The van der Waals surface area contributed by atoms with Crippen molar-refractivity contribution in [2.75, 3.05) is 13.7 Å². The van der Waals surface area contributed by atoms with Crippen molar-refractivity contribution >= 4 is 31.9 Å². The van der Waals surface area contributed by atoms with Gasteiger partial charge in [0.05, 0.1) is 18.4 Å². The second-order valence-electron chi connectivity index (χ2n) is 4.98. The quantitative estimate of drug-likeness (QED) is 0.758. The van der Waals surface area contributed by atoms with E-state index in [9.17, 15) is 13.2 Å². The number of sulfonamides is 1. The van der Waals surface area contributed by atoms with E-state index in [0.717, 1.165) is 12.8 Å². The Morgan fingerprint density at radius 3 is 2.76 bits per heavy atom. The van der Waals surface area contributed by atoms with E-state index in [1.165, 1.54) is 11.4 Å². The lowest BCUT2D eigenvalue weighted by atomic mass is 10.0. The Bertz CT molecular complexity index is 617. The molecule has 1 aliphatic rings. The molecular weight excluding hydrogens is 358 g/mol. The molecule has 1 aliphatic heterocycles. The number of rotatable bonds is 4. The fraction of sp³-hybridized carbons (Fsp3) is 0.500. The summed E-state index contributed by atoms with van der Waals surface area (Å²) in [7, 11) is -2.30. The highest BCUT2D eigenvalue weighted by Gasteiger charge is 2.35. The Labute approximate surface area is 133 Å². The number of hydrogen-bond acceptors (Lipinski definition) is 4. The van der Waals surface area contributed by atoms with Crippen LogP contribution in [0.25, 0.3) is 0 Å². The van der Waals surface area contributed by atoms with Gasteiger partial charge < -0.3 is 4.74 Å². The maximum atomic E-state index is 12.8. The summed E-state index contributed by atoms with van der Waals surface area (Å²) in [5, 5.41) is 0. The molecule has 1 fully saturated rings. The molecule has 7 heteroatoms. The summed E-state index contributed by atoms with van der Waals surface area (Å²) in [5.74, 6) is -0.380. The maximum absolute atomic E-state index is 12.8. The van der Waals surface area contributed by atoms with Crippen molar-refractivity contribution in [3.05, 3.63) is 28.7 Å². The van der Waals surface area contributed by atoms with Gasteiger partial charge in [0.25, 0.3) is 0 Å². The molecule has 1 atom stereocenters. The van der Waals surface area contributed by atoms with E-state index in [-0.39, 0.29) is 23.3 Å². The Morgan fingerprint density at radius 2 is 2.10 bits per heavy atom. The lowest BCUT2D eigenvalue weighted by Crippen LogP contribution is -2.44. The number of hydrogen-bond donors (Lipinski definition) is 0. The normalized spacial score (nSPS) is 20.2. The molecule has 0 aliphatic carbocycles. The molecule has 21 heavy (non-hydrogen) atoms. The SMILES string of the molecule is COC(=O)CC1CCCCN1S(=O)(=O)c1ccccc1Br. The van der Waals surface area contributed by atoms with Crippen molar-refractivity contribution < 1.29 is 17.9 Å². The molecule has 0 amide bonds. The largest absolute Gasteiger partial charge is 0.469 e. The molecule has 1 aromatic rings. The second kappa shape index (κ2) is 6.89. The molecule has 0 aromatic heterocycles. The molecule has 5 nitrogen and oxygen atoms in total. The molecule has 0 saturated carbocycles. The van der Waals surface area contributed by atoms with E-state index in [1.54, 1.807) is 24.3 Å². The summed E-state index contributed by atoms with van der Waals surface area (Å²) in [6.45, 7) is 0.436. The van der Waals surface area contributed by atoms with Gasteiger partial charge in [0.2, 0.25) is 10.0 Å². The Morgan fingerprint density at radius 1 is 1.38 bits per heavy atom.